The Kier molecular flexibility index (Phi) is 4.31. The molecule has 0 bridgehead atoms. The average Bonchev–Trinajstić information content (AvgIpc) is 2.71. The van der Waals surface area contributed by atoms with Gasteiger partial charge in [0, 0.05) is 31.7 Å². The van der Waals surface area contributed by atoms with Crippen molar-refractivity contribution in [3.05, 3.63) is 0 Å². The Labute approximate surface area is 111 Å². The zero-order chi connectivity index (χ0) is 13.3. The van der Waals surface area contributed by atoms with Gasteiger partial charge in [0.1, 0.15) is 0 Å². The van der Waals surface area contributed by atoms with E-state index in [1.165, 1.54) is 17.1 Å². The Balaban J connectivity index is 2.01. The Bertz CT molecular complexity index is 383. The summed E-state index contributed by atoms with van der Waals surface area (Å²) < 4.78 is 28.7. The van der Waals surface area contributed by atoms with E-state index in [4.69, 9.17) is 0 Å². The van der Waals surface area contributed by atoms with Crippen molar-refractivity contribution in [3.8, 4) is 0 Å². The van der Waals surface area contributed by atoms with E-state index in [0.29, 0.717) is 6.04 Å². The summed E-state index contributed by atoms with van der Waals surface area (Å²) in [6.45, 7) is 5.94. The van der Waals surface area contributed by atoms with E-state index in [2.05, 4.69) is 9.62 Å². The van der Waals surface area contributed by atoms with Crippen molar-refractivity contribution in [2.75, 3.05) is 20.1 Å². The zero-order valence-electron chi connectivity index (χ0n) is 11.6. The van der Waals surface area contributed by atoms with Crippen molar-refractivity contribution < 1.29 is 8.42 Å². The first-order valence-corrected chi connectivity index (χ1v) is 8.35. The van der Waals surface area contributed by atoms with Gasteiger partial charge in [-0.3, -0.25) is 4.90 Å². The fourth-order valence-corrected chi connectivity index (χ4v) is 4.32. The molecule has 18 heavy (non-hydrogen) atoms. The number of nitrogens with one attached hydrogen (secondary N) is 1. The first-order valence-electron chi connectivity index (χ1n) is 6.91. The van der Waals surface area contributed by atoms with Crippen LogP contribution in [0.1, 0.15) is 39.5 Å². The van der Waals surface area contributed by atoms with Gasteiger partial charge < -0.3 is 0 Å². The quantitative estimate of drug-likeness (QED) is 0.825. The fraction of sp³-hybridized carbons (Fsp3) is 1.00. The second-order valence-corrected chi connectivity index (χ2v) is 7.49. The maximum absolute atomic E-state index is 12.2. The van der Waals surface area contributed by atoms with Crippen LogP contribution in [0.3, 0.4) is 0 Å². The monoisotopic (exact) mass is 275 g/mol. The topological polar surface area (TPSA) is 52.7 Å². The van der Waals surface area contributed by atoms with Crippen molar-refractivity contribution in [1.29, 1.82) is 0 Å². The number of nitrogens with zero attached hydrogens (tertiary/aromatic N) is 2. The molecule has 2 fully saturated rings. The zero-order valence-corrected chi connectivity index (χ0v) is 12.4. The normalized spacial score (nSPS) is 30.1. The molecule has 2 rings (SSSR count). The molecule has 2 saturated heterocycles. The van der Waals surface area contributed by atoms with E-state index in [0.717, 1.165) is 25.9 Å². The molecule has 0 saturated carbocycles. The van der Waals surface area contributed by atoms with Gasteiger partial charge in [0.15, 0.2) is 0 Å². The van der Waals surface area contributed by atoms with Gasteiger partial charge in [-0.2, -0.15) is 17.4 Å². The van der Waals surface area contributed by atoms with Crippen LogP contribution in [0.2, 0.25) is 0 Å². The maximum Gasteiger partial charge on any atom is 0.279 e. The molecule has 1 N–H and O–H groups in total. The third-order valence-corrected chi connectivity index (χ3v) is 6.04. The van der Waals surface area contributed by atoms with Crippen LogP contribution in [0.15, 0.2) is 0 Å². The molecule has 106 valence electrons. The maximum atomic E-state index is 12.2. The number of rotatable bonds is 4. The average molecular weight is 275 g/mol. The van der Waals surface area contributed by atoms with Crippen LogP contribution in [-0.2, 0) is 10.2 Å². The molecule has 2 atom stereocenters. The summed E-state index contributed by atoms with van der Waals surface area (Å²) in [5, 5.41) is 0. The lowest BCUT2D eigenvalue weighted by Gasteiger charge is -2.33. The highest BCUT2D eigenvalue weighted by atomic mass is 32.2. The number of hydrogen-bond donors (Lipinski definition) is 1. The summed E-state index contributed by atoms with van der Waals surface area (Å²) in [5.41, 5.74) is 0. The second kappa shape index (κ2) is 5.45. The summed E-state index contributed by atoms with van der Waals surface area (Å²) in [6.07, 6.45) is 4.54. The summed E-state index contributed by atoms with van der Waals surface area (Å²) in [6, 6.07) is 0.497. The van der Waals surface area contributed by atoms with Crippen LogP contribution in [0.25, 0.3) is 0 Å². The van der Waals surface area contributed by atoms with E-state index >= 15 is 0 Å². The van der Waals surface area contributed by atoms with E-state index in [9.17, 15) is 8.42 Å². The van der Waals surface area contributed by atoms with Crippen LogP contribution < -0.4 is 4.72 Å². The first kappa shape index (κ1) is 14.2. The van der Waals surface area contributed by atoms with Gasteiger partial charge in [-0.05, 0) is 39.7 Å². The molecule has 0 aromatic rings. The number of hydrogen-bond acceptors (Lipinski definition) is 3. The summed E-state index contributed by atoms with van der Waals surface area (Å²) in [4.78, 5) is 2.44. The van der Waals surface area contributed by atoms with Gasteiger partial charge in [-0.1, -0.05) is 6.42 Å². The van der Waals surface area contributed by atoms with Gasteiger partial charge in [0.05, 0.1) is 0 Å². The molecular weight excluding hydrogens is 250 g/mol. The number of piperidine rings is 1. The lowest BCUT2D eigenvalue weighted by molar-refractivity contribution is 0.185. The molecule has 0 unspecified atom stereocenters. The molecule has 6 heteroatoms. The first-order chi connectivity index (χ1) is 8.42. The smallest absolute Gasteiger partial charge is 0.279 e. The largest absolute Gasteiger partial charge is 0.299 e. The summed E-state index contributed by atoms with van der Waals surface area (Å²) in [5.74, 6) is 0. The molecule has 2 aliphatic heterocycles. The molecule has 2 heterocycles. The van der Waals surface area contributed by atoms with Crippen LogP contribution in [-0.4, -0.2) is 55.9 Å². The highest BCUT2D eigenvalue weighted by Crippen LogP contribution is 2.27. The Hall–Kier alpha value is -0.170. The highest BCUT2D eigenvalue weighted by molar-refractivity contribution is 7.87. The van der Waals surface area contributed by atoms with Crippen molar-refractivity contribution in [2.24, 2.45) is 0 Å². The second-order valence-electron chi connectivity index (χ2n) is 5.73. The minimum atomic E-state index is -3.34. The molecule has 0 amide bonds. The predicted molar refractivity (Wildman–Crippen MR) is 72.6 cm³/mol. The molecule has 2 aliphatic rings. The van der Waals surface area contributed by atoms with Gasteiger partial charge in [-0.15, -0.1) is 0 Å². The van der Waals surface area contributed by atoms with Gasteiger partial charge >= 0.3 is 0 Å². The molecule has 0 aromatic heterocycles. The molecule has 5 nitrogen and oxygen atoms in total. The van der Waals surface area contributed by atoms with Crippen LogP contribution in [0.5, 0.6) is 0 Å². The fourth-order valence-electron chi connectivity index (χ4n) is 2.94. The standard InChI is InChI=1S/C12H25N3O2S/c1-10(2)14(3)18(16,17)13-11-7-9-15-8-5-4-6-12(11)15/h10-13H,4-9H2,1-3H3/t11-,12+/m1/s1. The molecule has 0 aromatic carbocycles. The molecule has 0 radical (unpaired) electrons. The van der Waals surface area contributed by atoms with Crippen molar-refractivity contribution >= 4 is 10.2 Å². The van der Waals surface area contributed by atoms with Crippen LogP contribution in [0, 0.1) is 0 Å². The molecule has 0 spiro atoms. The van der Waals surface area contributed by atoms with E-state index in [1.807, 2.05) is 13.8 Å². The summed E-state index contributed by atoms with van der Waals surface area (Å²) >= 11 is 0. The Morgan fingerprint density at radius 2 is 1.94 bits per heavy atom. The third kappa shape index (κ3) is 2.87. The van der Waals surface area contributed by atoms with Crippen LogP contribution >= 0.6 is 0 Å². The Morgan fingerprint density at radius 3 is 2.61 bits per heavy atom. The van der Waals surface area contributed by atoms with Gasteiger partial charge in [0.2, 0.25) is 0 Å². The van der Waals surface area contributed by atoms with Gasteiger partial charge in [-0.25, -0.2) is 0 Å². The lowest BCUT2D eigenvalue weighted by atomic mass is 10.00. The van der Waals surface area contributed by atoms with Crippen molar-refractivity contribution in [2.45, 2.75) is 57.7 Å². The van der Waals surface area contributed by atoms with Crippen molar-refractivity contribution in [1.82, 2.24) is 13.9 Å². The van der Waals surface area contributed by atoms with E-state index < -0.39 is 10.2 Å². The summed E-state index contributed by atoms with van der Waals surface area (Å²) in [7, 11) is -1.70. The molecule has 0 aliphatic carbocycles. The van der Waals surface area contributed by atoms with Gasteiger partial charge in [0.25, 0.3) is 10.2 Å². The predicted octanol–water partition coefficient (Wildman–Crippen LogP) is 0.788. The minimum Gasteiger partial charge on any atom is -0.299 e. The van der Waals surface area contributed by atoms with Crippen molar-refractivity contribution in [3.63, 3.8) is 0 Å². The van der Waals surface area contributed by atoms with E-state index in [-0.39, 0.29) is 12.1 Å². The highest BCUT2D eigenvalue weighted by Gasteiger charge is 2.38. The SMILES string of the molecule is CC(C)N(C)S(=O)(=O)N[C@@H]1CCN2CCCC[C@@H]12. The number of fused-ring (bicyclic) bond motifs is 1. The minimum absolute atomic E-state index is 0.00800. The van der Waals surface area contributed by atoms with E-state index in [1.54, 1.807) is 7.05 Å². The molecular formula is C12H25N3O2S. The third-order valence-electron chi connectivity index (χ3n) is 4.26. The van der Waals surface area contributed by atoms with Crippen LogP contribution in [0.4, 0.5) is 0 Å². The lowest BCUT2D eigenvalue weighted by Crippen LogP contribution is -2.51. The Morgan fingerprint density at radius 1 is 1.22 bits per heavy atom.